The van der Waals surface area contributed by atoms with Crippen molar-refractivity contribution in [1.29, 1.82) is 5.26 Å². The van der Waals surface area contributed by atoms with Crippen molar-refractivity contribution in [2.75, 3.05) is 30.5 Å². The predicted molar refractivity (Wildman–Crippen MR) is 148 cm³/mol. The third kappa shape index (κ3) is 6.88. The lowest BCUT2D eigenvalue weighted by atomic mass is 10.1. The second kappa shape index (κ2) is 13.5. The van der Waals surface area contributed by atoms with Crippen LogP contribution in [0.1, 0.15) is 30.6 Å². The molecule has 10 nitrogen and oxygen atoms in total. The molecule has 1 atom stereocenters. The average Bonchev–Trinajstić information content (AvgIpc) is 3.48. The molecule has 0 saturated carbocycles. The molecule has 0 aliphatic carbocycles. The Kier molecular flexibility index (Phi) is 9.56. The van der Waals surface area contributed by atoms with E-state index in [9.17, 15) is 18.8 Å². The molecule has 206 valence electrons. The highest BCUT2D eigenvalue weighted by Gasteiger charge is 2.16. The van der Waals surface area contributed by atoms with E-state index in [2.05, 4.69) is 42.4 Å². The van der Waals surface area contributed by atoms with Crippen LogP contribution in [0, 0.1) is 17.1 Å². The van der Waals surface area contributed by atoms with Crippen LogP contribution in [0.4, 0.5) is 25.8 Å². The van der Waals surface area contributed by atoms with Gasteiger partial charge < -0.3 is 20.7 Å². The fourth-order valence-electron chi connectivity index (χ4n) is 3.92. The molecule has 0 spiro atoms. The number of carbonyl (C=O) groups excluding carboxylic acids is 1. The van der Waals surface area contributed by atoms with Gasteiger partial charge in [-0.15, -0.1) is 0 Å². The lowest BCUT2D eigenvalue weighted by molar-refractivity contribution is -0.111. The van der Waals surface area contributed by atoms with Crippen LogP contribution in [0.15, 0.2) is 54.9 Å². The number of fused-ring (bicyclic) bond motifs is 1. The lowest BCUT2D eigenvalue weighted by Crippen LogP contribution is -2.22. The summed E-state index contributed by atoms with van der Waals surface area (Å²) in [4.78, 5) is 17.1. The van der Waals surface area contributed by atoms with Gasteiger partial charge in [-0.05, 0) is 37.6 Å². The topological polar surface area (TPSA) is 141 Å². The van der Waals surface area contributed by atoms with Crippen molar-refractivity contribution in [3.63, 3.8) is 0 Å². The molecule has 1 unspecified atom stereocenters. The highest BCUT2D eigenvalue weighted by atomic mass is 35.5. The maximum atomic E-state index is 13.7. The van der Waals surface area contributed by atoms with Gasteiger partial charge in [-0.2, -0.15) is 20.7 Å². The molecule has 40 heavy (non-hydrogen) atoms. The van der Waals surface area contributed by atoms with Crippen molar-refractivity contribution >= 4 is 45.5 Å². The van der Waals surface area contributed by atoms with Crippen molar-refractivity contribution in [3.8, 4) is 11.8 Å². The summed E-state index contributed by atoms with van der Waals surface area (Å²) in [6.07, 6.45) is 6.07. The van der Waals surface area contributed by atoms with Crippen LogP contribution in [-0.2, 0) is 4.79 Å². The molecule has 2 heterocycles. The van der Waals surface area contributed by atoms with Crippen LogP contribution >= 0.6 is 11.6 Å². The maximum absolute atomic E-state index is 13.7. The third-order valence-electron chi connectivity index (χ3n) is 5.78. The van der Waals surface area contributed by atoms with Gasteiger partial charge in [-0.3, -0.25) is 14.2 Å². The molecule has 0 saturated heterocycles. The molecule has 0 aliphatic heterocycles. The van der Waals surface area contributed by atoms with E-state index < -0.39 is 18.4 Å². The third-order valence-corrected chi connectivity index (χ3v) is 6.07. The van der Waals surface area contributed by atoms with Gasteiger partial charge in [0.15, 0.2) is 0 Å². The Bertz CT molecular complexity index is 1560. The zero-order valence-electron chi connectivity index (χ0n) is 21.3. The largest absolute Gasteiger partial charge is 0.492 e. The molecule has 4 rings (SSSR count). The molecule has 2 aromatic heterocycles. The summed E-state index contributed by atoms with van der Waals surface area (Å²) < 4.78 is 32.3. The number of hydrogen-bond acceptors (Lipinski definition) is 8. The Labute approximate surface area is 233 Å². The molecule has 0 fully saturated rings. The number of rotatable bonds is 12. The van der Waals surface area contributed by atoms with Gasteiger partial charge in [0.25, 0.3) is 0 Å². The minimum atomic E-state index is -0.571. The van der Waals surface area contributed by atoms with Gasteiger partial charge >= 0.3 is 0 Å². The summed E-state index contributed by atoms with van der Waals surface area (Å²) in [5.41, 5.74) is 2.53. The van der Waals surface area contributed by atoms with Crippen molar-refractivity contribution < 1.29 is 18.3 Å². The Morgan fingerprint density at radius 2 is 2.15 bits per heavy atom. The van der Waals surface area contributed by atoms with Crippen molar-refractivity contribution in [2.45, 2.75) is 19.4 Å². The molecule has 2 aromatic carbocycles. The van der Waals surface area contributed by atoms with Crippen molar-refractivity contribution in [3.05, 3.63) is 77.0 Å². The van der Waals surface area contributed by atoms with Crippen LogP contribution in [-0.4, -0.2) is 46.1 Å². The minimum Gasteiger partial charge on any atom is -0.492 e. The van der Waals surface area contributed by atoms with E-state index in [0.29, 0.717) is 46.0 Å². The highest BCUT2D eigenvalue weighted by Crippen LogP contribution is 2.36. The summed E-state index contributed by atoms with van der Waals surface area (Å²) in [6, 6.07) is 9.15. The fourth-order valence-corrected chi connectivity index (χ4v) is 4.10. The zero-order valence-corrected chi connectivity index (χ0v) is 22.1. The van der Waals surface area contributed by atoms with E-state index in [0.717, 1.165) is 0 Å². The van der Waals surface area contributed by atoms with Gasteiger partial charge in [0.05, 0.1) is 58.7 Å². The number of anilines is 3. The monoisotopic (exact) mass is 566 g/mol. The van der Waals surface area contributed by atoms with Crippen LogP contribution in [0.3, 0.4) is 0 Å². The van der Waals surface area contributed by atoms with Gasteiger partial charge in [-0.1, -0.05) is 17.7 Å². The predicted octanol–water partition coefficient (Wildman–Crippen LogP) is 5.34. The van der Waals surface area contributed by atoms with E-state index in [1.807, 2.05) is 6.92 Å². The number of H-pyrrole nitrogens is 1. The average molecular weight is 567 g/mol. The Morgan fingerprint density at radius 3 is 2.85 bits per heavy atom. The number of carbonyl (C=O) groups is 1. The number of nitriles is 1. The summed E-state index contributed by atoms with van der Waals surface area (Å²) in [5.74, 6) is -0.621. The smallest absolute Gasteiger partial charge is 0.248 e. The first-order valence-corrected chi connectivity index (χ1v) is 12.7. The Morgan fingerprint density at radius 1 is 1.30 bits per heavy atom. The number of benzene rings is 2. The number of aromatic nitrogens is 4. The Balaban J connectivity index is 1.57. The molecular formula is C27H25ClF2N8O2. The number of nitrogens with zero attached hydrogens (tertiary/aromatic N) is 4. The SMILES string of the molecule is CCOc1cc2ncc(C#N)c(Nc3ccc(F)c(Cl)c3)c2cc1NC(=O)C=CCNC(CCF)c1cn[nH]n1. The van der Waals surface area contributed by atoms with E-state index in [4.69, 9.17) is 16.3 Å². The first kappa shape index (κ1) is 28.4. The molecule has 13 heteroatoms. The fraction of sp³-hybridized carbons (Fsp3) is 0.222. The van der Waals surface area contributed by atoms with Gasteiger partial charge in [0, 0.05) is 36.0 Å². The summed E-state index contributed by atoms with van der Waals surface area (Å²) in [7, 11) is 0. The minimum absolute atomic E-state index is 0.0771. The number of nitrogens with one attached hydrogen (secondary N) is 4. The maximum Gasteiger partial charge on any atom is 0.248 e. The van der Waals surface area contributed by atoms with E-state index >= 15 is 0 Å². The quantitative estimate of drug-likeness (QED) is 0.168. The van der Waals surface area contributed by atoms with Crippen LogP contribution in [0.25, 0.3) is 10.9 Å². The first-order valence-electron chi connectivity index (χ1n) is 12.3. The Hall–Kier alpha value is -4.60. The number of aromatic amines is 1. The summed E-state index contributed by atoms with van der Waals surface area (Å²) in [5, 5.41) is 29.4. The standard InChI is InChI=1S/C27H25ClF2N8O2/c1-2-40-25-12-22-18(27(16(13-31)14-33-22)35-17-5-6-20(30)19(28)10-17)11-23(25)36-26(39)4-3-9-32-21(7-8-29)24-15-34-38-37-24/h3-6,10-12,14-15,21,32H,2,7-9H2,1H3,(H,33,35)(H,36,39)(H,34,37,38). The van der Waals surface area contributed by atoms with E-state index in [-0.39, 0.29) is 29.6 Å². The molecule has 4 N–H and O–H groups in total. The molecule has 0 radical (unpaired) electrons. The highest BCUT2D eigenvalue weighted by molar-refractivity contribution is 6.31. The molecule has 4 aromatic rings. The van der Waals surface area contributed by atoms with Gasteiger partial charge in [-0.25, -0.2) is 4.39 Å². The van der Waals surface area contributed by atoms with E-state index in [1.54, 1.807) is 18.2 Å². The van der Waals surface area contributed by atoms with Gasteiger partial charge in [0.2, 0.25) is 5.91 Å². The second-order valence-corrected chi connectivity index (χ2v) is 8.84. The zero-order chi connectivity index (χ0) is 28.5. The van der Waals surface area contributed by atoms with Crippen LogP contribution in [0.5, 0.6) is 5.75 Å². The number of hydrogen-bond donors (Lipinski definition) is 4. The normalized spacial score (nSPS) is 11.9. The number of halogens is 3. The van der Waals surface area contributed by atoms with Gasteiger partial charge in [0.1, 0.15) is 17.6 Å². The van der Waals surface area contributed by atoms with Crippen molar-refractivity contribution in [2.24, 2.45) is 0 Å². The molecular weight excluding hydrogens is 542 g/mol. The van der Waals surface area contributed by atoms with Crippen molar-refractivity contribution in [1.82, 2.24) is 25.7 Å². The summed E-state index contributed by atoms with van der Waals surface area (Å²) in [6.45, 7) is 1.89. The van der Waals surface area contributed by atoms with E-state index in [1.165, 1.54) is 36.7 Å². The number of amides is 1. The lowest BCUT2D eigenvalue weighted by Gasteiger charge is -2.16. The number of alkyl halides is 1. The van der Waals surface area contributed by atoms with Crippen LogP contribution in [0.2, 0.25) is 5.02 Å². The summed E-state index contributed by atoms with van der Waals surface area (Å²) >= 11 is 5.93. The molecule has 0 aliphatic rings. The second-order valence-electron chi connectivity index (χ2n) is 8.44. The number of ether oxygens (including phenoxy) is 1. The molecule has 1 amide bonds. The number of pyridine rings is 1. The van der Waals surface area contributed by atoms with Crippen LogP contribution < -0.4 is 20.7 Å². The molecule has 0 bridgehead atoms. The first-order chi connectivity index (χ1) is 19.4.